The maximum absolute atomic E-state index is 13.1. The van der Waals surface area contributed by atoms with Gasteiger partial charge in [-0.3, -0.25) is 9.78 Å². The molecule has 1 N–H and O–H groups in total. The van der Waals surface area contributed by atoms with Crippen molar-refractivity contribution in [2.24, 2.45) is 5.10 Å². The van der Waals surface area contributed by atoms with Crippen molar-refractivity contribution in [3.8, 4) is 5.75 Å². The molecule has 1 radical (unpaired) electrons. The average Bonchev–Trinajstić information content (AvgIpc) is 3.18. The summed E-state index contributed by atoms with van der Waals surface area (Å²) in [5.41, 5.74) is 4.02. The van der Waals surface area contributed by atoms with Gasteiger partial charge in [-0.1, -0.05) is 54.6 Å². The molecule has 155 valence electrons. The molecule has 6 nitrogen and oxygen atoms in total. The summed E-state index contributed by atoms with van der Waals surface area (Å²) >= 11 is 0. The van der Waals surface area contributed by atoms with Crippen LogP contribution in [0.3, 0.4) is 0 Å². The van der Waals surface area contributed by atoms with Crippen LogP contribution >= 0.6 is 0 Å². The molecule has 1 amide bonds. The Morgan fingerprint density at radius 1 is 1.03 bits per heavy atom. The van der Waals surface area contributed by atoms with Crippen molar-refractivity contribution >= 4 is 12.1 Å². The first-order valence-electron chi connectivity index (χ1n) is 10.1. The first-order chi connectivity index (χ1) is 15.2. The van der Waals surface area contributed by atoms with Gasteiger partial charge >= 0.3 is 0 Å². The zero-order valence-corrected chi connectivity index (χ0v) is 17.3. The third-order valence-electron chi connectivity index (χ3n) is 4.98. The van der Waals surface area contributed by atoms with E-state index in [0.717, 1.165) is 28.3 Å². The second kappa shape index (κ2) is 9.71. The monoisotopic (exact) mass is 411 g/mol. The van der Waals surface area contributed by atoms with E-state index >= 15 is 0 Å². The smallest absolute Gasteiger partial charge is 0.278 e. The number of hydrazone groups is 1. The first kappa shape index (κ1) is 20.3. The number of methoxy groups -OCH3 is 1. The Balaban J connectivity index is 1.60. The van der Waals surface area contributed by atoms with E-state index in [-0.39, 0.29) is 5.91 Å². The lowest BCUT2D eigenvalue weighted by Gasteiger charge is -2.16. The highest BCUT2D eigenvalue weighted by atomic mass is 16.5. The van der Waals surface area contributed by atoms with Crippen LogP contribution in [0.4, 0.5) is 0 Å². The molecule has 0 spiro atoms. The van der Waals surface area contributed by atoms with Crippen LogP contribution < -0.4 is 10.1 Å². The van der Waals surface area contributed by atoms with Crippen molar-refractivity contribution in [2.75, 3.05) is 7.11 Å². The Labute approximate surface area is 181 Å². The number of nitrogens with zero attached hydrogens (tertiary/aromatic N) is 3. The van der Waals surface area contributed by atoms with Gasteiger partial charge < -0.3 is 10.1 Å². The van der Waals surface area contributed by atoms with E-state index in [9.17, 15) is 4.79 Å². The number of para-hydroxylation sites is 1. The number of benzene rings is 2. The highest BCUT2D eigenvalue weighted by Gasteiger charge is 2.27. The molecule has 0 aliphatic carbocycles. The molecule has 2 heterocycles. The van der Waals surface area contributed by atoms with Crippen molar-refractivity contribution in [1.82, 2.24) is 15.3 Å². The van der Waals surface area contributed by atoms with Gasteiger partial charge in [0.15, 0.2) is 0 Å². The second-order valence-corrected chi connectivity index (χ2v) is 7.08. The fraction of sp³-hybridized carbons (Fsp3) is 0.160. The van der Waals surface area contributed by atoms with Crippen LogP contribution in [-0.4, -0.2) is 29.2 Å². The fourth-order valence-electron chi connectivity index (χ4n) is 3.37. The molecule has 0 saturated heterocycles. The van der Waals surface area contributed by atoms with Crippen molar-refractivity contribution in [1.29, 1.82) is 0 Å². The predicted octanol–water partition coefficient (Wildman–Crippen LogP) is 3.58. The van der Waals surface area contributed by atoms with E-state index in [1.165, 1.54) is 5.01 Å². The Kier molecular flexibility index (Phi) is 6.38. The van der Waals surface area contributed by atoms with Crippen LogP contribution in [0.1, 0.15) is 16.8 Å². The Morgan fingerprint density at radius 2 is 1.81 bits per heavy atom. The molecule has 3 aromatic rings. The zero-order chi connectivity index (χ0) is 21.5. The van der Waals surface area contributed by atoms with Gasteiger partial charge in [-0.2, -0.15) is 5.10 Å². The molecule has 6 heteroatoms. The number of amides is 1. The van der Waals surface area contributed by atoms with Gasteiger partial charge in [-0.05, 0) is 29.3 Å². The largest absolute Gasteiger partial charge is 0.496 e. The molecule has 0 fully saturated rings. The van der Waals surface area contributed by atoms with Gasteiger partial charge in [0, 0.05) is 18.3 Å². The lowest BCUT2D eigenvalue weighted by atomic mass is 10.0. The van der Waals surface area contributed by atoms with E-state index in [1.807, 2.05) is 72.8 Å². The van der Waals surface area contributed by atoms with Crippen LogP contribution in [0.2, 0.25) is 0 Å². The number of pyridine rings is 1. The predicted molar refractivity (Wildman–Crippen MR) is 119 cm³/mol. The molecule has 0 unspecified atom stereocenters. The van der Waals surface area contributed by atoms with Gasteiger partial charge in [0.2, 0.25) is 0 Å². The summed E-state index contributed by atoms with van der Waals surface area (Å²) in [7, 11) is 1.64. The number of allylic oxidation sites excluding steroid dienone is 1. The third-order valence-corrected chi connectivity index (χ3v) is 4.98. The SMILES string of the molecule is COc1ccccc1C/C(NCc1ccccn1)=C1\[C]=NN(Cc2ccccc2)C1=O. The highest BCUT2D eigenvalue weighted by molar-refractivity contribution is 6.15. The Bertz CT molecular complexity index is 1090. The van der Waals surface area contributed by atoms with Gasteiger partial charge in [-0.25, -0.2) is 5.01 Å². The molecule has 2 aromatic carbocycles. The molecule has 0 bridgehead atoms. The minimum Gasteiger partial charge on any atom is -0.496 e. The number of carbonyl (C=O) groups excluding carboxylic acids is 1. The van der Waals surface area contributed by atoms with Gasteiger partial charge in [0.25, 0.3) is 5.91 Å². The van der Waals surface area contributed by atoms with Gasteiger partial charge in [-0.15, -0.1) is 0 Å². The number of carbonyl (C=O) groups is 1. The maximum atomic E-state index is 13.1. The quantitative estimate of drug-likeness (QED) is 0.576. The van der Waals surface area contributed by atoms with E-state index in [2.05, 4.69) is 21.6 Å². The minimum atomic E-state index is -0.178. The van der Waals surface area contributed by atoms with Crippen molar-refractivity contribution in [3.05, 3.63) is 107 Å². The number of hydrogen-bond acceptors (Lipinski definition) is 5. The number of nitrogens with one attached hydrogen (secondary N) is 1. The summed E-state index contributed by atoms with van der Waals surface area (Å²) in [5, 5.41) is 9.07. The van der Waals surface area contributed by atoms with E-state index in [4.69, 9.17) is 4.74 Å². The maximum Gasteiger partial charge on any atom is 0.278 e. The van der Waals surface area contributed by atoms with E-state index < -0.39 is 0 Å². The Hall–Kier alpha value is -3.93. The van der Waals surface area contributed by atoms with Gasteiger partial charge in [0.05, 0.1) is 31.5 Å². The van der Waals surface area contributed by atoms with Crippen LogP contribution in [0.5, 0.6) is 5.75 Å². The summed E-state index contributed by atoms with van der Waals surface area (Å²) in [5.74, 6) is 0.589. The normalized spacial score (nSPS) is 14.6. The standard InChI is InChI=1S/C25H23N4O2/c1-31-24-13-6-5-11-20(24)15-23(27-16-21-12-7-8-14-26-21)22-17-28-29(25(22)30)18-19-9-3-2-4-10-19/h2-14,27H,15-16,18H2,1H3/b23-22-. The number of aromatic nitrogens is 1. The van der Waals surface area contributed by atoms with Crippen LogP contribution in [0, 0.1) is 0 Å². The molecule has 1 aromatic heterocycles. The second-order valence-electron chi connectivity index (χ2n) is 7.08. The van der Waals surface area contributed by atoms with Crippen LogP contribution in [0.15, 0.2) is 95.4 Å². The van der Waals surface area contributed by atoms with Crippen molar-refractivity contribution < 1.29 is 9.53 Å². The summed E-state index contributed by atoms with van der Waals surface area (Å²) in [6.45, 7) is 0.890. The zero-order valence-electron chi connectivity index (χ0n) is 17.3. The van der Waals surface area contributed by atoms with E-state index in [0.29, 0.717) is 25.1 Å². The number of rotatable bonds is 8. The molecule has 0 atom stereocenters. The van der Waals surface area contributed by atoms with Crippen LogP contribution in [-0.2, 0) is 24.3 Å². The molecule has 31 heavy (non-hydrogen) atoms. The highest BCUT2D eigenvalue weighted by Crippen LogP contribution is 2.23. The van der Waals surface area contributed by atoms with Crippen molar-refractivity contribution in [3.63, 3.8) is 0 Å². The third kappa shape index (κ3) is 4.98. The molecule has 1 aliphatic rings. The molecule has 4 rings (SSSR count). The number of hydrogen-bond donors (Lipinski definition) is 1. The summed E-state index contributed by atoms with van der Waals surface area (Å²) in [6.07, 6.45) is 5.16. The summed E-state index contributed by atoms with van der Waals surface area (Å²) < 4.78 is 5.50. The van der Waals surface area contributed by atoms with Gasteiger partial charge in [0.1, 0.15) is 12.0 Å². The molecular formula is C25H23N4O2. The summed E-state index contributed by atoms with van der Waals surface area (Å²) in [4.78, 5) is 17.5. The lowest BCUT2D eigenvalue weighted by Crippen LogP contribution is -2.26. The fourth-order valence-corrected chi connectivity index (χ4v) is 3.37. The van der Waals surface area contributed by atoms with E-state index in [1.54, 1.807) is 13.3 Å². The Morgan fingerprint density at radius 3 is 2.58 bits per heavy atom. The summed E-state index contributed by atoms with van der Waals surface area (Å²) in [6, 6.07) is 23.3. The topological polar surface area (TPSA) is 66.8 Å². The minimum absolute atomic E-state index is 0.178. The molecular weight excluding hydrogens is 388 g/mol. The molecule has 1 aliphatic heterocycles. The first-order valence-corrected chi connectivity index (χ1v) is 10.1. The average molecular weight is 411 g/mol. The molecule has 0 saturated carbocycles. The lowest BCUT2D eigenvalue weighted by molar-refractivity contribution is -0.126. The van der Waals surface area contributed by atoms with Crippen LogP contribution in [0.25, 0.3) is 0 Å². The number of ether oxygens (including phenoxy) is 1. The van der Waals surface area contributed by atoms with Crippen molar-refractivity contribution in [2.45, 2.75) is 19.5 Å².